The number of aliphatic hydroxyl groups is 1. The summed E-state index contributed by atoms with van der Waals surface area (Å²) in [5.74, 6) is 0.725. The third-order valence-electron chi connectivity index (χ3n) is 4.07. The molecule has 1 fully saturated rings. The fourth-order valence-electron chi connectivity index (χ4n) is 2.91. The van der Waals surface area contributed by atoms with Gasteiger partial charge < -0.3 is 9.84 Å². The molecule has 1 N–H and O–H groups in total. The van der Waals surface area contributed by atoms with Crippen LogP contribution in [0, 0.1) is 11.7 Å². The van der Waals surface area contributed by atoms with E-state index >= 15 is 0 Å². The molecule has 0 radical (unpaired) electrons. The Morgan fingerprint density at radius 3 is 2.79 bits per heavy atom. The summed E-state index contributed by atoms with van der Waals surface area (Å²) in [5, 5.41) is 9.75. The first-order valence-corrected chi connectivity index (χ1v) is 7.26. The number of benzene rings is 1. The van der Waals surface area contributed by atoms with Crippen molar-refractivity contribution in [1.82, 2.24) is 0 Å². The zero-order valence-electron chi connectivity index (χ0n) is 11.7. The van der Waals surface area contributed by atoms with Crippen LogP contribution < -0.4 is 4.74 Å². The van der Waals surface area contributed by atoms with Crippen molar-refractivity contribution in [1.29, 1.82) is 0 Å². The normalized spacial score (nSPS) is 25.1. The summed E-state index contributed by atoms with van der Waals surface area (Å²) in [4.78, 5) is 0. The molecule has 106 valence electrons. The summed E-state index contributed by atoms with van der Waals surface area (Å²) in [6, 6.07) is 4.37. The fourth-order valence-corrected chi connectivity index (χ4v) is 2.91. The molecule has 2 rings (SSSR count). The van der Waals surface area contributed by atoms with Crippen molar-refractivity contribution in [3.8, 4) is 5.75 Å². The van der Waals surface area contributed by atoms with Gasteiger partial charge in [-0.05, 0) is 50.7 Å². The molecule has 1 aliphatic carbocycles. The lowest BCUT2D eigenvalue weighted by Gasteiger charge is -2.32. The van der Waals surface area contributed by atoms with E-state index in [0.29, 0.717) is 17.2 Å². The molecule has 19 heavy (non-hydrogen) atoms. The number of aliphatic hydroxyl groups excluding tert-OH is 1. The Labute approximate surface area is 114 Å². The summed E-state index contributed by atoms with van der Waals surface area (Å²) < 4.78 is 19.4. The minimum Gasteiger partial charge on any atom is -0.490 e. The molecular weight excluding hydrogens is 243 g/mol. The van der Waals surface area contributed by atoms with Crippen LogP contribution in [0.3, 0.4) is 0 Å². The number of hydrogen-bond acceptors (Lipinski definition) is 2. The number of hydrogen-bond donors (Lipinski definition) is 1. The molecule has 2 nitrogen and oxygen atoms in total. The van der Waals surface area contributed by atoms with Gasteiger partial charge in [-0.25, -0.2) is 4.39 Å². The van der Waals surface area contributed by atoms with Gasteiger partial charge in [0.2, 0.25) is 0 Å². The molecule has 0 heterocycles. The summed E-state index contributed by atoms with van der Waals surface area (Å²) in [7, 11) is 0. The molecule has 1 aliphatic rings. The minimum atomic E-state index is -0.640. The maximum Gasteiger partial charge on any atom is 0.128 e. The lowest BCUT2D eigenvalue weighted by atomic mass is 9.84. The fraction of sp³-hybridized carbons (Fsp3) is 0.625. The topological polar surface area (TPSA) is 29.5 Å². The highest BCUT2D eigenvalue weighted by molar-refractivity contribution is 5.35. The number of rotatable bonds is 4. The monoisotopic (exact) mass is 266 g/mol. The molecule has 3 atom stereocenters. The summed E-state index contributed by atoms with van der Waals surface area (Å²) in [5.41, 5.74) is 0.668. The molecule has 1 saturated carbocycles. The Kier molecular flexibility index (Phi) is 4.81. The van der Waals surface area contributed by atoms with E-state index in [9.17, 15) is 9.50 Å². The van der Waals surface area contributed by atoms with Gasteiger partial charge in [-0.1, -0.05) is 13.3 Å². The van der Waals surface area contributed by atoms with Crippen LogP contribution in [0.2, 0.25) is 0 Å². The van der Waals surface area contributed by atoms with Crippen molar-refractivity contribution in [2.45, 2.75) is 58.2 Å². The van der Waals surface area contributed by atoms with Gasteiger partial charge in [0.1, 0.15) is 17.7 Å². The predicted molar refractivity (Wildman–Crippen MR) is 73.7 cm³/mol. The van der Waals surface area contributed by atoms with Gasteiger partial charge in [0, 0.05) is 11.6 Å². The van der Waals surface area contributed by atoms with Crippen LogP contribution in [0.5, 0.6) is 5.75 Å². The Morgan fingerprint density at radius 2 is 2.11 bits per heavy atom. The van der Waals surface area contributed by atoms with Crippen LogP contribution in [0.25, 0.3) is 0 Å². The molecule has 1 aromatic carbocycles. The van der Waals surface area contributed by atoms with Gasteiger partial charge in [0.15, 0.2) is 0 Å². The summed E-state index contributed by atoms with van der Waals surface area (Å²) in [6.45, 7) is 3.85. The van der Waals surface area contributed by atoms with E-state index in [4.69, 9.17) is 4.74 Å². The molecule has 0 bridgehead atoms. The molecule has 3 heteroatoms. The van der Waals surface area contributed by atoms with E-state index in [1.807, 2.05) is 0 Å². The highest BCUT2D eigenvalue weighted by Crippen LogP contribution is 2.33. The molecule has 2 unspecified atom stereocenters. The summed E-state index contributed by atoms with van der Waals surface area (Å²) >= 11 is 0. The van der Waals surface area contributed by atoms with Gasteiger partial charge in [0.25, 0.3) is 0 Å². The average molecular weight is 266 g/mol. The highest BCUT2D eigenvalue weighted by atomic mass is 19.1. The van der Waals surface area contributed by atoms with Gasteiger partial charge >= 0.3 is 0 Å². The first-order chi connectivity index (χ1) is 9.11. The van der Waals surface area contributed by atoms with Gasteiger partial charge in [0.05, 0.1) is 6.10 Å². The average Bonchev–Trinajstić information content (AvgIpc) is 2.39. The second-order valence-corrected chi connectivity index (χ2v) is 5.47. The standard InChI is InChI=1S/C16H23FO2/c1-3-12-6-4-5-7-15(12)19-16-10-13(17)8-9-14(16)11(2)18/h8-12,15,18H,3-7H2,1-2H3/t11-,12?,15?/m1/s1. The van der Waals surface area contributed by atoms with Crippen LogP contribution >= 0.6 is 0 Å². The van der Waals surface area contributed by atoms with Gasteiger partial charge in [-0.2, -0.15) is 0 Å². The second kappa shape index (κ2) is 6.38. The lowest BCUT2D eigenvalue weighted by Crippen LogP contribution is -2.30. The molecule has 0 aliphatic heterocycles. The Balaban J connectivity index is 2.19. The van der Waals surface area contributed by atoms with Crippen molar-refractivity contribution >= 4 is 0 Å². The number of halogens is 1. The van der Waals surface area contributed by atoms with Crippen LogP contribution in [0.1, 0.15) is 57.6 Å². The minimum absolute atomic E-state index is 0.151. The second-order valence-electron chi connectivity index (χ2n) is 5.47. The van der Waals surface area contributed by atoms with Crippen molar-refractivity contribution in [3.63, 3.8) is 0 Å². The molecular formula is C16H23FO2. The Morgan fingerprint density at radius 1 is 1.37 bits per heavy atom. The van der Waals surface area contributed by atoms with Crippen molar-refractivity contribution in [2.75, 3.05) is 0 Å². The zero-order valence-corrected chi connectivity index (χ0v) is 11.7. The third kappa shape index (κ3) is 3.47. The van der Waals surface area contributed by atoms with Crippen LogP contribution in [-0.4, -0.2) is 11.2 Å². The van der Waals surface area contributed by atoms with E-state index in [-0.39, 0.29) is 11.9 Å². The highest BCUT2D eigenvalue weighted by Gasteiger charge is 2.26. The molecule has 0 aromatic heterocycles. The smallest absolute Gasteiger partial charge is 0.128 e. The predicted octanol–water partition coefficient (Wildman–Crippen LogP) is 4.23. The SMILES string of the molecule is CCC1CCCCC1Oc1cc(F)ccc1[C@@H](C)O. The molecule has 0 amide bonds. The maximum absolute atomic E-state index is 13.4. The van der Waals surface area contributed by atoms with E-state index in [1.165, 1.54) is 31.4 Å². The molecule has 0 spiro atoms. The lowest BCUT2D eigenvalue weighted by molar-refractivity contribution is 0.0851. The molecule has 1 aromatic rings. The van der Waals surface area contributed by atoms with E-state index in [0.717, 1.165) is 12.8 Å². The Hall–Kier alpha value is -1.09. The first-order valence-electron chi connectivity index (χ1n) is 7.26. The van der Waals surface area contributed by atoms with Crippen molar-refractivity contribution < 1.29 is 14.2 Å². The van der Waals surface area contributed by atoms with E-state index < -0.39 is 6.10 Å². The largest absolute Gasteiger partial charge is 0.490 e. The first kappa shape index (κ1) is 14.3. The van der Waals surface area contributed by atoms with Crippen molar-refractivity contribution in [2.24, 2.45) is 5.92 Å². The quantitative estimate of drug-likeness (QED) is 0.883. The molecule has 0 saturated heterocycles. The summed E-state index contributed by atoms with van der Waals surface area (Å²) in [6.07, 6.45) is 5.22. The van der Waals surface area contributed by atoms with E-state index in [2.05, 4.69) is 6.92 Å². The number of ether oxygens (including phenoxy) is 1. The van der Waals surface area contributed by atoms with Crippen LogP contribution in [0.15, 0.2) is 18.2 Å². The zero-order chi connectivity index (χ0) is 13.8. The van der Waals surface area contributed by atoms with Gasteiger partial charge in [-0.15, -0.1) is 0 Å². The Bertz CT molecular complexity index is 417. The van der Waals surface area contributed by atoms with Crippen molar-refractivity contribution in [3.05, 3.63) is 29.6 Å². The third-order valence-corrected chi connectivity index (χ3v) is 4.07. The van der Waals surface area contributed by atoms with Crippen LogP contribution in [0.4, 0.5) is 4.39 Å². The maximum atomic E-state index is 13.4. The van der Waals surface area contributed by atoms with Crippen LogP contribution in [-0.2, 0) is 0 Å². The van der Waals surface area contributed by atoms with Gasteiger partial charge in [-0.3, -0.25) is 0 Å². The van der Waals surface area contributed by atoms with E-state index in [1.54, 1.807) is 13.0 Å².